The van der Waals surface area contributed by atoms with Crippen LogP contribution in [0.3, 0.4) is 0 Å². The highest BCUT2D eigenvalue weighted by Gasteiger charge is 2.22. The van der Waals surface area contributed by atoms with Crippen molar-refractivity contribution < 1.29 is 14.3 Å². The number of hydrogen-bond donors (Lipinski definition) is 2. The van der Waals surface area contributed by atoms with Gasteiger partial charge in [-0.2, -0.15) is 0 Å². The van der Waals surface area contributed by atoms with Gasteiger partial charge in [-0.1, -0.05) is 41.4 Å². The van der Waals surface area contributed by atoms with Gasteiger partial charge in [0, 0.05) is 34.9 Å². The lowest BCUT2D eigenvalue weighted by molar-refractivity contribution is 0.164. The second kappa shape index (κ2) is 10.6. The van der Waals surface area contributed by atoms with E-state index in [1.54, 1.807) is 37.6 Å². The second-order valence-corrected chi connectivity index (χ2v) is 8.74. The van der Waals surface area contributed by atoms with Crippen LogP contribution in [0.5, 0.6) is 5.75 Å². The van der Waals surface area contributed by atoms with Crippen molar-refractivity contribution in [2.24, 2.45) is 4.99 Å². The van der Waals surface area contributed by atoms with E-state index in [0.29, 0.717) is 11.4 Å². The predicted octanol–water partition coefficient (Wildman–Crippen LogP) is 6.73. The zero-order chi connectivity index (χ0) is 22.3. The van der Waals surface area contributed by atoms with Gasteiger partial charge in [0.25, 0.3) is 0 Å². The van der Waals surface area contributed by atoms with E-state index in [9.17, 15) is 4.79 Å². The van der Waals surface area contributed by atoms with Crippen molar-refractivity contribution in [1.82, 2.24) is 0 Å². The van der Waals surface area contributed by atoms with Gasteiger partial charge in [-0.25, -0.2) is 4.79 Å². The Hall–Kier alpha value is -2.41. The molecule has 0 bridgehead atoms. The fraction of sp³-hybridized carbons (Fsp3) is 0.238. The zero-order valence-corrected chi connectivity index (χ0v) is 19.0. The molecule has 0 aromatic heterocycles. The summed E-state index contributed by atoms with van der Waals surface area (Å²) in [6, 6.07) is 10.8. The standard InChI is InChI=1S/C21H22Cl3N3O3/c1-5-25-18-11-19(29-4)13(2)10-17(18)14(3)26-15-6-8-16(9-7-15)27-20(28)30-12-21(22,23)24/h5-11,26H,3,12H2,1-2,4H3,(H,27,28). The zero-order valence-electron chi connectivity index (χ0n) is 16.8. The second-order valence-electron chi connectivity index (χ2n) is 6.22. The number of anilines is 2. The fourth-order valence-corrected chi connectivity index (χ4v) is 2.73. The van der Waals surface area contributed by atoms with Crippen molar-refractivity contribution in [3.63, 3.8) is 0 Å². The molecule has 0 saturated carbocycles. The van der Waals surface area contributed by atoms with Gasteiger partial charge in [0.05, 0.1) is 12.8 Å². The van der Waals surface area contributed by atoms with Gasteiger partial charge >= 0.3 is 6.09 Å². The van der Waals surface area contributed by atoms with E-state index in [1.165, 1.54) is 0 Å². The molecule has 1 amide bonds. The van der Waals surface area contributed by atoms with E-state index >= 15 is 0 Å². The van der Waals surface area contributed by atoms with Gasteiger partial charge in [-0.3, -0.25) is 10.3 Å². The van der Waals surface area contributed by atoms with Crippen molar-refractivity contribution in [3.8, 4) is 5.75 Å². The molecule has 0 radical (unpaired) electrons. The van der Waals surface area contributed by atoms with E-state index < -0.39 is 9.89 Å². The summed E-state index contributed by atoms with van der Waals surface area (Å²) in [5.74, 6) is 0.754. The lowest BCUT2D eigenvalue weighted by atomic mass is 10.1. The van der Waals surface area contributed by atoms with Gasteiger partial charge in [-0.05, 0) is 49.7 Å². The molecule has 0 unspecified atom stereocenters. The number of carbonyl (C=O) groups is 1. The molecule has 160 valence electrons. The van der Waals surface area contributed by atoms with Crippen LogP contribution >= 0.6 is 34.8 Å². The molecule has 9 heteroatoms. The smallest absolute Gasteiger partial charge is 0.411 e. The van der Waals surface area contributed by atoms with Crippen LogP contribution in [0, 0.1) is 6.92 Å². The SMILES string of the molecule is C=C(Nc1ccc(NC(=O)OCC(Cl)(Cl)Cl)cc1)c1cc(C)c(OC)cc1N=CC. The van der Waals surface area contributed by atoms with Crippen molar-refractivity contribution in [2.75, 3.05) is 24.4 Å². The van der Waals surface area contributed by atoms with Gasteiger partial charge in [0.2, 0.25) is 3.79 Å². The summed E-state index contributed by atoms with van der Waals surface area (Å²) in [6.45, 7) is 7.57. The van der Waals surface area contributed by atoms with E-state index in [0.717, 1.165) is 28.3 Å². The highest BCUT2D eigenvalue weighted by Crippen LogP contribution is 2.33. The predicted molar refractivity (Wildman–Crippen MR) is 126 cm³/mol. The number of methoxy groups -OCH3 is 1. The number of nitrogens with one attached hydrogen (secondary N) is 2. The molecule has 2 rings (SSSR count). The van der Waals surface area contributed by atoms with Crippen molar-refractivity contribution in [2.45, 2.75) is 17.6 Å². The van der Waals surface area contributed by atoms with E-state index in [2.05, 4.69) is 22.2 Å². The molecule has 2 N–H and O–H groups in total. The fourth-order valence-electron chi connectivity index (χ4n) is 2.56. The summed E-state index contributed by atoms with van der Waals surface area (Å²) >= 11 is 16.7. The Morgan fingerprint density at radius 1 is 1.17 bits per heavy atom. The maximum atomic E-state index is 11.7. The normalized spacial score (nSPS) is 11.3. The molecule has 0 fully saturated rings. The Balaban J connectivity index is 2.08. The largest absolute Gasteiger partial charge is 0.496 e. The first-order valence-electron chi connectivity index (χ1n) is 8.87. The number of hydrogen-bond acceptors (Lipinski definition) is 5. The Bertz CT molecular complexity index is 939. The van der Waals surface area contributed by atoms with Crippen LogP contribution in [0.2, 0.25) is 0 Å². The molecule has 6 nitrogen and oxygen atoms in total. The molecular weight excluding hydrogens is 449 g/mol. The number of alkyl halides is 3. The van der Waals surface area contributed by atoms with E-state index in [-0.39, 0.29) is 6.61 Å². The minimum atomic E-state index is -1.66. The van der Waals surface area contributed by atoms with Crippen LogP contribution in [0.4, 0.5) is 21.9 Å². The minimum absolute atomic E-state index is 0.354. The monoisotopic (exact) mass is 469 g/mol. The molecule has 0 saturated heterocycles. The Labute approximate surface area is 190 Å². The van der Waals surface area contributed by atoms with Crippen LogP contribution in [0.25, 0.3) is 5.70 Å². The molecule has 2 aromatic carbocycles. The topological polar surface area (TPSA) is 72.0 Å². The van der Waals surface area contributed by atoms with E-state index in [1.807, 2.05) is 26.0 Å². The molecule has 0 aliphatic rings. The molecule has 0 aliphatic carbocycles. The minimum Gasteiger partial charge on any atom is -0.496 e. The van der Waals surface area contributed by atoms with Gasteiger partial charge < -0.3 is 14.8 Å². The van der Waals surface area contributed by atoms with Crippen LogP contribution in [0.15, 0.2) is 48.0 Å². The third kappa shape index (κ3) is 7.13. The third-order valence-corrected chi connectivity index (χ3v) is 4.23. The van der Waals surface area contributed by atoms with Crippen molar-refractivity contribution in [3.05, 3.63) is 54.1 Å². The highest BCUT2D eigenvalue weighted by molar-refractivity contribution is 6.67. The van der Waals surface area contributed by atoms with Gasteiger partial charge in [0.1, 0.15) is 12.4 Å². The molecule has 0 spiro atoms. The summed E-state index contributed by atoms with van der Waals surface area (Å²) in [5, 5.41) is 5.79. The van der Waals surface area contributed by atoms with Crippen LogP contribution in [-0.2, 0) is 4.74 Å². The first kappa shape index (κ1) is 23.9. The average molecular weight is 471 g/mol. The number of aryl methyl sites for hydroxylation is 1. The number of amides is 1. The maximum absolute atomic E-state index is 11.7. The van der Waals surface area contributed by atoms with Gasteiger partial charge in [0.15, 0.2) is 0 Å². The number of ether oxygens (including phenoxy) is 2. The molecule has 30 heavy (non-hydrogen) atoms. The first-order valence-corrected chi connectivity index (χ1v) is 10.0. The van der Waals surface area contributed by atoms with E-state index in [4.69, 9.17) is 44.3 Å². The Kier molecular flexibility index (Phi) is 8.41. The maximum Gasteiger partial charge on any atom is 0.411 e. The summed E-state index contributed by atoms with van der Waals surface area (Å²) in [4.78, 5) is 16.1. The number of benzene rings is 2. The van der Waals surface area contributed by atoms with Crippen LogP contribution in [-0.4, -0.2) is 29.8 Å². The van der Waals surface area contributed by atoms with Crippen molar-refractivity contribution in [1.29, 1.82) is 0 Å². The molecule has 0 atom stereocenters. The highest BCUT2D eigenvalue weighted by atomic mass is 35.6. The summed E-state index contributed by atoms with van der Waals surface area (Å²) in [5.41, 5.74) is 4.54. The Morgan fingerprint density at radius 3 is 2.30 bits per heavy atom. The number of halogens is 3. The number of aliphatic imine (C=N–C) groups is 1. The summed E-state index contributed by atoms with van der Waals surface area (Å²) < 4.78 is 8.54. The molecule has 0 aliphatic heterocycles. The number of carbonyl (C=O) groups excluding carboxylic acids is 1. The number of nitrogens with zero attached hydrogens (tertiary/aromatic N) is 1. The molecular formula is C21H22Cl3N3O3. The van der Waals surface area contributed by atoms with Crippen LogP contribution < -0.4 is 15.4 Å². The number of rotatable bonds is 7. The summed E-state index contributed by atoms with van der Waals surface area (Å²) in [7, 11) is 1.62. The quantitative estimate of drug-likeness (QED) is 0.348. The lowest BCUT2D eigenvalue weighted by Crippen LogP contribution is -2.21. The summed E-state index contributed by atoms with van der Waals surface area (Å²) in [6.07, 6.45) is 0.991. The Morgan fingerprint density at radius 2 is 1.77 bits per heavy atom. The van der Waals surface area contributed by atoms with Crippen LogP contribution in [0.1, 0.15) is 18.1 Å². The average Bonchev–Trinajstić information content (AvgIpc) is 2.68. The third-order valence-electron chi connectivity index (χ3n) is 3.90. The molecule has 0 heterocycles. The first-order chi connectivity index (χ1) is 14.1. The van der Waals surface area contributed by atoms with Crippen molar-refractivity contribution >= 4 is 69.9 Å². The van der Waals surface area contributed by atoms with Gasteiger partial charge in [-0.15, -0.1) is 0 Å². The molecule has 2 aromatic rings. The lowest BCUT2D eigenvalue weighted by Gasteiger charge is -2.15.